The van der Waals surface area contributed by atoms with Crippen LogP contribution in [0.5, 0.6) is 0 Å². The lowest BCUT2D eigenvalue weighted by molar-refractivity contribution is -0.386. The monoisotopic (exact) mass is 413 g/mol. The normalized spacial score (nSPS) is 14.3. The van der Waals surface area contributed by atoms with E-state index in [2.05, 4.69) is 5.10 Å². The number of benzene rings is 1. The molecule has 0 radical (unpaired) electrons. The van der Waals surface area contributed by atoms with Gasteiger partial charge in [-0.2, -0.15) is 5.10 Å². The number of carbonyl (C=O) groups excluding carboxylic acids is 2. The highest BCUT2D eigenvalue weighted by molar-refractivity contribution is 5.94. The molecule has 1 aliphatic heterocycles. The Morgan fingerprint density at radius 3 is 2.13 bits per heavy atom. The number of piperazine rings is 1. The Balaban J connectivity index is 1.64. The summed E-state index contributed by atoms with van der Waals surface area (Å²) in [6.45, 7) is 9.61. The minimum absolute atomic E-state index is 0.0385. The second-order valence-corrected chi connectivity index (χ2v) is 7.90. The fraction of sp³-hybridized carbons (Fsp3) is 0.476. The van der Waals surface area contributed by atoms with Crippen molar-refractivity contribution in [3.63, 3.8) is 0 Å². The van der Waals surface area contributed by atoms with Crippen LogP contribution in [0.1, 0.15) is 41.2 Å². The number of nitrogens with zero attached hydrogens (tertiary/aromatic N) is 5. The molecule has 9 heteroatoms. The predicted octanol–water partition coefficient (Wildman–Crippen LogP) is 2.40. The van der Waals surface area contributed by atoms with Gasteiger partial charge in [-0.05, 0) is 31.5 Å². The van der Waals surface area contributed by atoms with Gasteiger partial charge in [0.25, 0.3) is 5.91 Å². The van der Waals surface area contributed by atoms with E-state index in [1.54, 1.807) is 35.6 Å². The van der Waals surface area contributed by atoms with Crippen LogP contribution in [0.15, 0.2) is 24.3 Å². The fourth-order valence-corrected chi connectivity index (χ4v) is 3.71. The molecule has 2 amide bonds. The first-order valence-corrected chi connectivity index (χ1v) is 10.0. The standard InChI is InChI=1S/C21H27N5O4/c1-14(2)20(27)23-9-11-24(12-10-23)21(28)18-7-5-17(6-8-18)13-25-16(4)19(26(29)30)15(3)22-25/h5-8,14H,9-13H2,1-4H3. The van der Waals surface area contributed by atoms with Gasteiger partial charge in [-0.1, -0.05) is 26.0 Å². The molecule has 1 aromatic carbocycles. The summed E-state index contributed by atoms with van der Waals surface area (Å²) in [4.78, 5) is 39.2. The Bertz CT molecular complexity index is 957. The maximum atomic E-state index is 12.8. The number of hydrogen-bond donors (Lipinski definition) is 0. The Kier molecular flexibility index (Phi) is 6.19. The van der Waals surface area contributed by atoms with Gasteiger partial charge >= 0.3 is 5.69 Å². The van der Waals surface area contributed by atoms with E-state index in [1.165, 1.54) is 0 Å². The summed E-state index contributed by atoms with van der Waals surface area (Å²) in [6.07, 6.45) is 0. The number of aromatic nitrogens is 2. The van der Waals surface area contributed by atoms with Gasteiger partial charge in [0.1, 0.15) is 11.4 Å². The molecule has 0 atom stereocenters. The Labute approximate surface area is 175 Å². The van der Waals surface area contributed by atoms with Crippen molar-refractivity contribution in [2.45, 2.75) is 34.2 Å². The topological polar surface area (TPSA) is 102 Å². The van der Waals surface area contributed by atoms with Crippen molar-refractivity contribution >= 4 is 17.5 Å². The number of aryl methyl sites for hydroxylation is 1. The van der Waals surface area contributed by atoms with Crippen LogP contribution in [-0.4, -0.2) is 62.5 Å². The molecule has 0 bridgehead atoms. The van der Waals surface area contributed by atoms with Crippen molar-refractivity contribution in [1.29, 1.82) is 0 Å². The van der Waals surface area contributed by atoms with Crippen molar-refractivity contribution in [2.75, 3.05) is 26.2 Å². The molecule has 2 heterocycles. The zero-order valence-electron chi connectivity index (χ0n) is 17.8. The molecule has 0 unspecified atom stereocenters. The molecule has 3 rings (SSSR count). The molecule has 1 aliphatic rings. The zero-order chi connectivity index (χ0) is 22.0. The SMILES string of the molecule is Cc1nn(Cc2ccc(C(=O)N3CCN(C(=O)C(C)C)CC3)cc2)c(C)c1[N+](=O)[O-]. The van der Waals surface area contributed by atoms with E-state index in [9.17, 15) is 19.7 Å². The quantitative estimate of drug-likeness (QED) is 0.553. The maximum Gasteiger partial charge on any atom is 0.312 e. The van der Waals surface area contributed by atoms with Gasteiger partial charge in [0.05, 0.1) is 11.5 Å². The first-order chi connectivity index (χ1) is 14.2. The van der Waals surface area contributed by atoms with E-state index in [1.807, 2.05) is 30.9 Å². The van der Waals surface area contributed by atoms with Gasteiger partial charge in [0, 0.05) is 37.7 Å². The van der Waals surface area contributed by atoms with Gasteiger partial charge < -0.3 is 9.80 Å². The van der Waals surface area contributed by atoms with Crippen LogP contribution in [0.3, 0.4) is 0 Å². The number of nitro groups is 1. The van der Waals surface area contributed by atoms with Crippen LogP contribution in [0.25, 0.3) is 0 Å². The molecule has 1 fully saturated rings. The molecule has 2 aromatic rings. The first-order valence-electron chi connectivity index (χ1n) is 10.0. The molecule has 1 aromatic heterocycles. The van der Waals surface area contributed by atoms with E-state index >= 15 is 0 Å². The lowest BCUT2D eigenvalue weighted by Crippen LogP contribution is -2.51. The van der Waals surface area contributed by atoms with E-state index in [0.717, 1.165) is 5.56 Å². The van der Waals surface area contributed by atoms with Crippen molar-refractivity contribution in [1.82, 2.24) is 19.6 Å². The second-order valence-electron chi connectivity index (χ2n) is 7.90. The van der Waals surface area contributed by atoms with Crippen molar-refractivity contribution in [3.05, 3.63) is 56.9 Å². The summed E-state index contributed by atoms with van der Waals surface area (Å²) in [5, 5.41) is 15.4. The molecule has 160 valence electrons. The molecule has 0 aliphatic carbocycles. The minimum Gasteiger partial charge on any atom is -0.339 e. The van der Waals surface area contributed by atoms with Gasteiger partial charge in [0.15, 0.2) is 0 Å². The highest BCUT2D eigenvalue weighted by Crippen LogP contribution is 2.22. The molecule has 0 N–H and O–H groups in total. The van der Waals surface area contributed by atoms with E-state index < -0.39 is 4.92 Å². The summed E-state index contributed by atoms with van der Waals surface area (Å²) in [5.74, 6) is 0.0271. The lowest BCUT2D eigenvalue weighted by atomic mass is 10.1. The summed E-state index contributed by atoms with van der Waals surface area (Å²) in [5.41, 5.74) is 2.42. The third-order valence-electron chi connectivity index (χ3n) is 5.43. The van der Waals surface area contributed by atoms with Crippen LogP contribution < -0.4 is 0 Å². The molecular formula is C21H27N5O4. The van der Waals surface area contributed by atoms with Gasteiger partial charge in [-0.15, -0.1) is 0 Å². The average molecular weight is 413 g/mol. The van der Waals surface area contributed by atoms with Crippen molar-refractivity contribution in [2.24, 2.45) is 5.92 Å². The number of amides is 2. The summed E-state index contributed by atoms with van der Waals surface area (Å²) >= 11 is 0. The number of hydrogen-bond acceptors (Lipinski definition) is 5. The fourth-order valence-electron chi connectivity index (χ4n) is 3.71. The third kappa shape index (κ3) is 4.34. The summed E-state index contributed by atoms with van der Waals surface area (Å²) in [6, 6.07) is 7.22. The Morgan fingerprint density at radius 2 is 1.63 bits per heavy atom. The van der Waals surface area contributed by atoms with Gasteiger partial charge in [0.2, 0.25) is 5.91 Å². The van der Waals surface area contributed by atoms with Gasteiger partial charge in [-0.3, -0.25) is 24.4 Å². The highest BCUT2D eigenvalue weighted by atomic mass is 16.6. The zero-order valence-corrected chi connectivity index (χ0v) is 17.8. The van der Waals surface area contributed by atoms with E-state index in [0.29, 0.717) is 49.7 Å². The van der Waals surface area contributed by atoms with E-state index in [4.69, 9.17) is 0 Å². The van der Waals surface area contributed by atoms with E-state index in [-0.39, 0.29) is 23.4 Å². The first kappa shape index (κ1) is 21.5. The molecular weight excluding hydrogens is 386 g/mol. The smallest absolute Gasteiger partial charge is 0.312 e. The second kappa shape index (κ2) is 8.64. The van der Waals surface area contributed by atoms with Gasteiger partial charge in [-0.25, -0.2) is 0 Å². The Morgan fingerprint density at radius 1 is 1.07 bits per heavy atom. The van der Waals surface area contributed by atoms with Crippen LogP contribution in [0.4, 0.5) is 5.69 Å². The van der Waals surface area contributed by atoms with Crippen LogP contribution in [0.2, 0.25) is 0 Å². The maximum absolute atomic E-state index is 12.8. The molecule has 30 heavy (non-hydrogen) atoms. The molecule has 1 saturated heterocycles. The summed E-state index contributed by atoms with van der Waals surface area (Å²) < 4.78 is 1.61. The third-order valence-corrected chi connectivity index (χ3v) is 5.43. The molecule has 0 saturated carbocycles. The predicted molar refractivity (Wildman–Crippen MR) is 111 cm³/mol. The van der Waals surface area contributed by atoms with Crippen molar-refractivity contribution < 1.29 is 14.5 Å². The summed E-state index contributed by atoms with van der Waals surface area (Å²) in [7, 11) is 0. The number of rotatable bonds is 5. The Hall–Kier alpha value is -3.23. The van der Waals surface area contributed by atoms with Crippen molar-refractivity contribution in [3.8, 4) is 0 Å². The molecule has 0 spiro atoms. The number of carbonyl (C=O) groups is 2. The average Bonchev–Trinajstić information content (AvgIpc) is 3.00. The highest BCUT2D eigenvalue weighted by Gasteiger charge is 2.26. The minimum atomic E-state index is -0.412. The van der Waals surface area contributed by atoms with Crippen LogP contribution in [-0.2, 0) is 11.3 Å². The lowest BCUT2D eigenvalue weighted by Gasteiger charge is -2.35. The largest absolute Gasteiger partial charge is 0.339 e. The van der Waals surface area contributed by atoms with Crippen LogP contribution in [0, 0.1) is 29.9 Å². The molecule has 9 nitrogen and oxygen atoms in total. The van der Waals surface area contributed by atoms with Crippen LogP contribution >= 0.6 is 0 Å².